The molecule has 1 saturated heterocycles. The van der Waals surface area contributed by atoms with E-state index in [9.17, 15) is 14.3 Å². The van der Waals surface area contributed by atoms with Gasteiger partial charge in [-0.25, -0.2) is 9.18 Å². The van der Waals surface area contributed by atoms with Crippen molar-refractivity contribution in [3.05, 3.63) is 30.1 Å². The zero-order chi connectivity index (χ0) is 15.9. The Kier molecular flexibility index (Phi) is 6.11. The van der Waals surface area contributed by atoms with Gasteiger partial charge in [-0.3, -0.25) is 0 Å². The van der Waals surface area contributed by atoms with E-state index in [1.165, 1.54) is 24.3 Å². The smallest absolute Gasteiger partial charge is 0.319 e. The SMILES string of the molecule is NCC[C@H]1CC[C@H](NC(=O)Nc2ccc(F)cc2)[C@@H](CO)O1. The largest absolute Gasteiger partial charge is 0.394 e. The molecule has 0 aliphatic carbocycles. The fourth-order valence-corrected chi connectivity index (χ4v) is 2.56. The highest BCUT2D eigenvalue weighted by Crippen LogP contribution is 2.21. The summed E-state index contributed by atoms with van der Waals surface area (Å²) < 4.78 is 18.5. The van der Waals surface area contributed by atoms with Crippen LogP contribution in [0, 0.1) is 5.82 Å². The second-order valence-electron chi connectivity index (χ2n) is 5.35. The highest BCUT2D eigenvalue weighted by atomic mass is 19.1. The molecule has 3 atom stereocenters. The molecule has 1 heterocycles. The molecule has 1 aromatic carbocycles. The van der Waals surface area contributed by atoms with Gasteiger partial charge in [0, 0.05) is 5.69 Å². The highest BCUT2D eigenvalue weighted by Gasteiger charge is 2.31. The molecule has 0 bridgehead atoms. The Bertz CT molecular complexity index is 483. The minimum Gasteiger partial charge on any atom is -0.394 e. The Balaban J connectivity index is 1.86. The predicted octanol–water partition coefficient (Wildman–Crippen LogP) is 1.20. The van der Waals surface area contributed by atoms with Crippen LogP contribution in [0.5, 0.6) is 0 Å². The van der Waals surface area contributed by atoms with Crippen molar-refractivity contribution in [3.63, 3.8) is 0 Å². The minimum absolute atomic E-state index is 0.0281. The van der Waals surface area contributed by atoms with Gasteiger partial charge in [0.05, 0.1) is 18.8 Å². The predicted molar refractivity (Wildman–Crippen MR) is 81.0 cm³/mol. The number of halogens is 1. The van der Waals surface area contributed by atoms with E-state index in [4.69, 9.17) is 10.5 Å². The fraction of sp³-hybridized carbons (Fsp3) is 0.533. The van der Waals surface area contributed by atoms with E-state index in [1.54, 1.807) is 0 Å². The number of amides is 2. The lowest BCUT2D eigenvalue weighted by Gasteiger charge is -2.36. The van der Waals surface area contributed by atoms with Gasteiger partial charge in [0.25, 0.3) is 0 Å². The standard InChI is InChI=1S/C15H22FN3O3/c16-10-1-3-11(4-2-10)18-15(21)19-13-6-5-12(7-8-17)22-14(13)9-20/h1-4,12-14,20H,5-9,17H2,(H2,18,19,21)/t12-,13+,14-/m1/s1. The first-order chi connectivity index (χ1) is 10.6. The van der Waals surface area contributed by atoms with Crippen molar-refractivity contribution < 1.29 is 19.0 Å². The first-order valence-electron chi connectivity index (χ1n) is 7.42. The van der Waals surface area contributed by atoms with Gasteiger partial charge < -0.3 is 26.2 Å². The van der Waals surface area contributed by atoms with Gasteiger partial charge in [-0.2, -0.15) is 0 Å². The summed E-state index contributed by atoms with van der Waals surface area (Å²) >= 11 is 0. The van der Waals surface area contributed by atoms with Gasteiger partial charge in [0.2, 0.25) is 0 Å². The zero-order valence-electron chi connectivity index (χ0n) is 12.3. The molecule has 2 amide bonds. The topological polar surface area (TPSA) is 96.6 Å². The van der Waals surface area contributed by atoms with Crippen molar-refractivity contribution in [1.29, 1.82) is 0 Å². The van der Waals surface area contributed by atoms with Crippen molar-refractivity contribution in [2.45, 2.75) is 37.5 Å². The van der Waals surface area contributed by atoms with Crippen LogP contribution in [0.4, 0.5) is 14.9 Å². The van der Waals surface area contributed by atoms with Gasteiger partial charge in [0.15, 0.2) is 0 Å². The maximum Gasteiger partial charge on any atom is 0.319 e. The number of nitrogens with two attached hydrogens (primary N) is 1. The van der Waals surface area contributed by atoms with Crippen molar-refractivity contribution >= 4 is 11.7 Å². The lowest BCUT2D eigenvalue weighted by Crippen LogP contribution is -2.52. The second kappa shape index (κ2) is 8.07. The van der Waals surface area contributed by atoms with E-state index < -0.39 is 12.1 Å². The number of nitrogens with one attached hydrogen (secondary N) is 2. The van der Waals surface area contributed by atoms with E-state index in [-0.39, 0.29) is 24.6 Å². The van der Waals surface area contributed by atoms with Crippen molar-refractivity contribution in [3.8, 4) is 0 Å². The number of hydrogen-bond acceptors (Lipinski definition) is 4. The maximum absolute atomic E-state index is 12.8. The van der Waals surface area contributed by atoms with Gasteiger partial charge in [-0.15, -0.1) is 0 Å². The molecule has 122 valence electrons. The number of urea groups is 1. The molecule has 1 aliphatic rings. The number of benzene rings is 1. The third-order valence-corrected chi connectivity index (χ3v) is 3.70. The summed E-state index contributed by atoms with van der Waals surface area (Å²) in [5.74, 6) is -0.363. The third-order valence-electron chi connectivity index (χ3n) is 3.70. The van der Waals surface area contributed by atoms with Crippen LogP contribution in [0.15, 0.2) is 24.3 Å². The molecule has 6 nitrogen and oxygen atoms in total. The minimum atomic E-state index is -0.440. The van der Waals surface area contributed by atoms with Crippen LogP contribution >= 0.6 is 0 Å². The Hall–Kier alpha value is -1.70. The molecule has 0 aromatic heterocycles. The van der Waals surface area contributed by atoms with E-state index in [1.807, 2.05) is 0 Å². The fourth-order valence-electron chi connectivity index (χ4n) is 2.56. The molecule has 1 aliphatic heterocycles. The molecule has 0 saturated carbocycles. The van der Waals surface area contributed by atoms with Crippen molar-refractivity contribution in [2.24, 2.45) is 5.73 Å². The molecule has 0 unspecified atom stereocenters. The third kappa shape index (κ3) is 4.66. The maximum atomic E-state index is 12.8. The van der Waals surface area contributed by atoms with E-state index in [2.05, 4.69) is 10.6 Å². The van der Waals surface area contributed by atoms with Crippen LogP contribution in [0.25, 0.3) is 0 Å². The van der Waals surface area contributed by atoms with Crippen molar-refractivity contribution in [1.82, 2.24) is 5.32 Å². The quantitative estimate of drug-likeness (QED) is 0.657. The number of aliphatic hydroxyl groups is 1. The van der Waals surface area contributed by atoms with Crippen LogP contribution in [0.3, 0.4) is 0 Å². The van der Waals surface area contributed by atoms with Gasteiger partial charge in [-0.1, -0.05) is 0 Å². The van der Waals surface area contributed by atoms with Gasteiger partial charge in [-0.05, 0) is 50.1 Å². The molecule has 0 spiro atoms. The van der Waals surface area contributed by atoms with E-state index >= 15 is 0 Å². The molecular weight excluding hydrogens is 289 g/mol. The highest BCUT2D eigenvalue weighted by molar-refractivity contribution is 5.89. The average Bonchev–Trinajstić information content (AvgIpc) is 2.51. The molecule has 7 heteroatoms. The molecule has 2 rings (SSSR count). The number of rotatable bonds is 5. The van der Waals surface area contributed by atoms with Crippen LogP contribution in [-0.2, 0) is 4.74 Å². The normalized spacial score (nSPS) is 24.8. The summed E-state index contributed by atoms with van der Waals surface area (Å²) in [7, 11) is 0. The summed E-state index contributed by atoms with van der Waals surface area (Å²) in [4.78, 5) is 12.0. The van der Waals surface area contributed by atoms with E-state index in [0.717, 1.165) is 12.8 Å². The van der Waals surface area contributed by atoms with Crippen LogP contribution in [0.1, 0.15) is 19.3 Å². The summed E-state index contributed by atoms with van der Waals surface area (Å²) in [5.41, 5.74) is 6.01. The number of ether oxygens (including phenoxy) is 1. The molecule has 0 radical (unpaired) electrons. The first kappa shape index (κ1) is 16.7. The number of aliphatic hydroxyl groups excluding tert-OH is 1. The van der Waals surface area contributed by atoms with E-state index in [0.29, 0.717) is 18.7 Å². The Morgan fingerprint density at radius 3 is 2.73 bits per heavy atom. The monoisotopic (exact) mass is 311 g/mol. The molecule has 1 fully saturated rings. The Morgan fingerprint density at radius 2 is 2.09 bits per heavy atom. The second-order valence-corrected chi connectivity index (χ2v) is 5.35. The zero-order valence-corrected chi connectivity index (χ0v) is 12.3. The van der Waals surface area contributed by atoms with Crippen LogP contribution < -0.4 is 16.4 Å². The summed E-state index contributed by atoms with van der Waals surface area (Å²) in [6.07, 6.45) is 1.83. The van der Waals surface area contributed by atoms with Gasteiger partial charge in [0.1, 0.15) is 11.9 Å². The molecule has 5 N–H and O–H groups in total. The van der Waals surface area contributed by atoms with Gasteiger partial charge >= 0.3 is 6.03 Å². The lowest BCUT2D eigenvalue weighted by atomic mass is 9.97. The molecule has 22 heavy (non-hydrogen) atoms. The van der Waals surface area contributed by atoms with Crippen LogP contribution in [-0.4, -0.2) is 42.5 Å². The Morgan fingerprint density at radius 1 is 1.36 bits per heavy atom. The Labute approximate surface area is 128 Å². The molecular formula is C15H22FN3O3. The number of carbonyl (C=O) groups is 1. The number of anilines is 1. The molecule has 1 aromatic rings. The summed E-state index contributed by atoms with van der Waals surface area (Å²) in [6.45, 7) is 0.370. The summed E-state index contributed by atoms with van der Waals surface area (Å²) in [6, 6.07) is 4.83. The number of carbonyl (C=O) groups excluding carboxylic acids is 1. The summed E-state index contributed by atoms with van der Waals surface area (Å²) in [5, 5.41) is 14.8. The lowest BCUT2D eigenvalue weighted by molar-refractivity contribution is -0.0881. The van der Waals surface area contributed by atoms with Crippen molar-refractivity contribution in [2.75, 3.05) is 18.5 Å². The average molecular weight is 311 g/mol. The first-order valence-corrected chi connectivity index (χ1v) is 7.42. The number of hydrogen-bond donors (Lipinski definition) is 4. The van der Waals surface area contributed by atoms with Crippen LogP contribution in [0.2, 0.25) is 0 Å².